The van der Waals surface area contributed by atoms with Crippen molar-refractivity contribution in [3.8, 4) is 5.75 Å². The lowest BCUT2D eigenvalue weighted by molar-refractivity contribution is 0.0661. The van der Waals surface area contributed by atoms with Crippen LogP contribution in [0.1, 0.15) is 62.6 Å². The van der Waals surface area contributed by atoms with Gasteiger partial charge < -0.3 is 19.0 Å². The van der Waals surface area contributed by atoms with Crippen LogP contribution < -0.4 is 4.74 Å². The highest BCUT2D eigenvalue weighted by atomic mass is 32.1. The van der Waals surface area contributed by atoms with Crippen molar-refractivity contribution in [2.45, 2.75) is 32.9 Å². The van der Waals surface area contributed by atoms with E-state index < -0.39 is 6.04 Å². The number of benzene rings is 2. The Morgan fingerprint density at radius 2 is 1.95 bits per heavy atom. The first-order chi connectivity index (χ1) is 18.5. The Morgan fingerprint density at radius 3 is 2.66 bits per heavy atom. The summed E-state index contributed by atoms with van der Waals surface area (Å²) in [7, 11) is 0. The first-order valence-corrected chi connectivity index (χ1v) is 13.5. The van der Waals surface area contributed by atoms with E-state index in [9.17, 15) is 14.0 Å². The first-order valence-electron chi connectivity index (χ1n) is 12.6. The fourth-order valence-electron chi connectivity index (χ4n) is 4.74. The molecule has 1 aliphatic rings. The number of hydrogen-bond acceptors (Lipinski definition) is 6. The van der Waals surface area contributed by atoms with Crippen molar-refractivity contribution < 1.29 is 23.1 Å². The van der Waals surface area contributed by atoms with E-state index in [0.717, 1.165) is 16.7 Å². The zero-order chi connectivity index (χ0) is 26.6. The monoisotopic (exact) mass is 533 g/mol. The molecule has 1 atom stereocenters. The molecule has 7 nitrogen and oxygen atoms in total. The number of carbonyl (C=O) groups excluding carboxylic acids is 2. The van der Waals surface area contributed by atoms with Gasteiger partial charge in [0.05, 0.1) is 12.3 Å². The minimum absolute atomic E-state index is 0.0882. The molecule has 0 unspecified atom stereocenters. The van der Waals surface area contributed by atoms with E-state index in [2.05, 4.69) is 4.98 Å². The second-order valence-corrected chi connectivity index (χ2v) is 9.88. The summed E-state index contributed by atoms with van der Waals surface area (Å²) < 4.78 is 25.2. The lowest BCUT2D eigenvalue weighted by atomic mass is 9.87. The van der Waals surface area contributed by atoms with E-state index in [1.165, 1.54) is 29.7 Å². The molecule has 2 aromatic carbocycles. The molecule has 0 fully saturated rings. The van der Waals surface area contributed by atoms with Crippen LogP contribution >= 0.6 is 11.3 Å². The average Bonchev–Trinajstić information content (AvgIpc) is 3.65. The van der Waals surface area contributed by atoms with E-state index in [1.54, 1.807) is 39.4 Å². The third-order valence-corrected chi connectivity index (χ3v) is 7.53. The number of thiazole rings is 1. The predicted molar refractivity (Wildman–Crippen MR) is 142 cm³/mol. The van der Waals surface area contributed by atoms with E-state index >= 15 is 0 Å². The van der Waals surface area contributed by atoms with Gasteiger partial charge in [-0.2, -0.15) is 0 Å². The van der Waals surface area contributed by atoms with Crippen LogP contribution in [0.4, 0.5) is 4.39 Å². The van der Waals surface area contributed by atoms with Crippen LogP contribution in [-0.4, -0.2) is 46.2 Å². The van der Waals surface area contributed by atoms with Gasteiger partial charge in [0.15, 0.2) is 5.76 Å². The van der Waals surface area contributed by atoms with Crippen molar-refractivity contribution in [2.75, 3.05) is 19.6 Å². The van der Waals surface area contributed by atoms with Gasteiger partial charge in [-0.05, 0) is 73.4 Å². The summed E-state index contributed by atoms with van der Waals surface area (Å²) in [5.41, 5.74) is 3.23. The summed E-state index contributed by atoms with van der Waals surface area (Å²) in [5, 5.41) is 2.46. The van der Waals surface area contributed by atoms with Crippen molar-refractivity contribution >= 4 is 23.2 Å². The standard InChI is InChI=1S/C29H28FN3O4S/c1-3-32(4-2)28(34)24-18-38-26(31-24)17-37-22-12-9-19-13-14-33(29(35)25-6-5-15-36-25)27(23(19)16-22)20-7-10-21(30)11-8-20/h5-12,15-16,18,27H,3-4,13-14,17H2,1-2H3/t27-/m1/s1. The van der Waals surface area contributed by atoms with Crippen LogP contribution in [0.25, 0.3) is 0 Å². The maximum Gasteiger partial charge on any atom is 0.290 e. The third-order valence-electron chi connectivity index (χ3n) is 6.71. The van der Waals surface area contributed by atoms with Crippen LogP contribution in [0.2, 0.25) is 0 Å². The van der Waals surface area contributed by atoms with Gasteiger partial charge in [-0.15, -0.1) is 11.3 Å². The molecule has 5 rings (SSSR count). The molecule has 0 N–H and O–H groups in total. The van der Waals surface area contributed by atoms with Gasteiger partial charge in [0, 0.05) is 25.0 Å². The molecule has 0 saturated carbocycles. The number of fused-ring (bicyclic) bond motifs is 1. The zero-order valence-corrected chi connectivity index (χ0v) is 22.0. The Morgan fingerprint density at radius 1 is 1.16 bits per heavy atom. The lowest BCUT2D eigenvalue weighted by Crippen LogP contribution is -2.40. The number of carbonyl (C=O) groups is 2. The molecular weight excluding hydrogens is 505 g/mol. The van der Waals surface area contributed by atoms with Crippen LogP contribution in [0.15, 0.2) is 70.7 Å². The summed E-state index contributed by atoms with van der Waals surface area (Å²) in [5.74, 6) is 0.221. The highest BCUT2D eigenvalue weighted by Crippen LogP contribution is 2.38. The lowest BCUT2D eigenvalue weighted by Gasteiger charge is -2.37. The first kappa shape index (κ1) is 25.7. The molecule has 0 saturated heterocycles. The zero-order valence-electron chi connectivity index (χ0n) is 21.2. The summed E-state index contributed by atoms with van der Waals surface area (Å²) in [6, 6.07) is 14.9. The molecule has 2 amide bonds. The molecule has 0 radical (unpaired) electrons. The second-order valence-electron chi connectivity index (χ2n) is 8.93. The molecule has 3 heterocycles. The van der Waals surface area contributed by atoms with Crippen molar-refractivity contribution in [3.63, 3.8) is 0 Å². The molecular formula is C29H28FN3O4S. The van der Waals surface area contributed by atoms with Crippen molar-refractivity contribution in [1.29, 1.82) is 0 Å². The van der Waals surface area contributed by atoms with E-state index in [1.807, 2.05) is 32.0 Å². The van der Waals surface area contributed by atoms with E-state index in [4.69, 9.17) is 9.15 Å². The number of aromatic nitrogens is 1. The molecule has 4 aromatic rings. The van der Waals surface area contributed by atoms with Gasteiger partial charge >= 0.3 is 0 Å². The van der Waals surface area contributed by atoms with Gasteiger partial charge in [-0.1, -0.05) is 18.2 Å². The Hall–Kier alpha value is -3.98. The van der Waals surface area contributed by atoms with Gasteiger partial charge in [0.2, 0.25) is 0 Å². The average molecular weight is 534 g/mol. The van der Waals surface area contributed by atoms with Crippen LogP contribution in [0.3, 0.4) is 0 Å². The number of amides is 2. The summed E-state index contributed by atoms with van der Waals surface area (Å²) in [4.78, 5) is 33.9. The topological polar surface area (TPSA) is 75.9 Å². The molecule has 1 aliphatic heterocycles. The minimum Gasteiger partial charge on any atom is -0.486 e. The number of rotatable bonds is 8. The summed E-state index contributed by atoms with van der Waals surface area (Å²) in [6.07, 6.45) is 2.15. The smallest absolute Gasteiger partial charge is 0.290 e. The fraction of sp³-hybridized carbons (Fsp3) is 0.276. The van der Waals surface area contributed by atoms with Crippen molar-refractivity contribution in [2.24, 2.45) is 0 Å². The quantitative estimate of drug-likeness (QED) is 0.289. The number of nitrogens with zero attached hydrogens (tertiary/aromatic N) is 3. The van der Waals surface area contributed by atoms with Gasteiger partial charge in [0.1, 0.15) is 28.9 Å². The second kappa shape index (κ2) is 11.2. The van der Waals surface area contributed by atoms with Crippen LogP contribution in [0.5, 0.6) is 5.75 Å². The Kier molecular flexibility index (Phi) is 7.55. The highest BCUT2D eigenvalue weighted by Gasteiger charge is 2.34. The van der Waals surface area contributed by atoms with Gasteiger partial charge in [0.25, 0.3) is 11.8 Å². The van der Waals surface area contributed by atoms with Crippen LogP contribution in [0, 0.1) is 5.82 Å². The summed E-state index contributed by atoms with van der Waals surface area (Å²) >= 11 is 1.38. The predicted octanol–water partition coefficient (Wildman–Crippen LogP) is 5.72. The molecule has 0 bridgehead atoms. The normalized spacial score (nSPS) is 14.7. The number of hydrogen-bond donors (Lipinski definition) is 0. The van der Waals surface area contributed by atoms with E-state index in [0.29, 0.717) is 42.5 Å². The largest absolute Gasteiger partial charge is 0.486 e. The molecule has 2 aromatic heterocycles. The maximum atomic E-state index is 13.7. The maximum absolute atomic E-state index is 13.7. The number of halogens is 1. The van der Waals surface area contributed by atoms with Crippen LogP contribution in [-0.2, 0) is 13.0 Å². The SMILES string of the molecule is CCN(CC)C(=O)c1csc(COc2ccc3c(c2)[C@@H](c2ccc(F)cc2)N(C(=O)c2ccco2)CC3)n1. The van der Waals surface area contributed by atoms with Gasteiger partial charge in [-0.25, -0.2) is 9.37 Å². The van der Waals surface area contributed by atoms with E-state index in [-0.39, 0.29) is 30.0 Å². The molecule has 0 aliphatic carbocycles. The van der Waals surface area contributed by atoms with Crippen molar-refractivity contribution in [1.82, 2.24) is 14.8 Å². The minimum atomic E-state index is -0.432. The van der Waals surface area contributed by atoms with Gasteiger partial charge in [-0.3, -0.25) is 9.59 Å². The highest BCUT2D eigenvalue weighted by molar-refractivity contribution is 7.09. The molecule has 0 spiro atoms. The fourth-order valence-corrected chi connectivity index (χ4v) is 5.42. The number of furan rings is 1. The third kappa shape index (κ3) is 5.19. The molecule has 9 heteroatoms. The molecule has 196 valence electrons. The Balaban J connectivity index is 1.40. The van der Waals surface area contributed by atoms with Crippen molar-refractivity contribution in [3.05, 3.63) is 105 Å². The number of ether oxygens (including phenoxy) is 1. The Labute approximate surface area is 224 Å². The Bertz CT molecular complexity index is 1410. The summed E-state index contributed by atoms with van der Waals surface area (Å²) in [6.45, 7) is 5.85. The molecule has 38 heavy (non-hydrogen) atoms.